The van der Waals surface area contributed by atoms with Crippen LogP contribution in [-0.2, 0) is 12.7 Å². The Morgan fingerprint density at radius 3 is 2.80 bits per heavy atom. The van der Waals surface area contributed by atoms with Gasteiger partial charge in [0.1, 0.15) is 0 Å². The Labute approximate surface area is 145 Å². The summed E-state index contributed by atoms with van der Waals surface area (Å²) in [5.41, 5.74) is 1.34. The van der Waals surface area contributed by atoms with Crippen molar-refractivity contribution in [2.75, 3.05) is 5.32 Å². The highest BCUT2D eigenvalue weighted by Crippen LogP contribution is 2.31. The summed E-state index contributed by atoms with van der Waals surface area (Å²) in [5, 5.41) is 5.00. The Morgan fingerprint density at radius 2 is 2.04 bits per heavy atom. The quantitative estimate of drug-likeness (QED) is 0.634. The van der Waals surface area contributed by atoms with Crippen molar-refractivity contribution in [1.82, 2.24) is 15.3 Å². The number of fused-ring (bicyclic) bond motifs is 1. The van der Waals surface area contributed by atoms with Crippen LogP contribution < -0.4 is 10.6 Å². The Kier molecular flexibility index (Phi) is 4.54. The molecule has 0 radical (unpaired) electrons. The van der Waals surface area contributed by atoms with Crippen molar-refractivity contribution in [2.45, 2.75) is 12.7 Å². The van der Waals surface area contributed by atoms with Gasteiger partial charge in [0.15, 0.2) is 0 Å². The molecule has 0 unspecified atom stereocenters. The number of halogens is 4. The zero-order valence-electron chi connectivity index (χ0n) is 12.6. The summed E-state index contributed by atoms with van der Waals surface area (Å²) in [6.07, 6.45) is -1.30. The van der Waals surface area contributed by atoms with Crippen molar-refractivity contribution in [3.8, 4) is 0 Å². The van der Waals surface area contributed by atoms with E-state index in [1.54, 1.807) is 18.3 Å². The molecule has 2 aromatic heterocycles. The average Bonchev–Trinajstić information content (AvgIpc) is 2.99. The van der Waals surface area contributed by atoms with Crippen molar-refractivity contribution >= 4 is 34.4 Å². The molecule has 0 fully saturated rings. The highest BCUT2D eigenvalue weighted by Gasteiger charge is 2.31. The molecule has 2 amide bonds. The molecule has 0 saturated heterocycles. The van der Waals surface area contributed by atoms with E-state index in [0.29, 0.717) is 5.69 Å². The highest BCUT2D eigenvalue weighted by molar-refractivity contribution is 6.30. The number of benzene rings is 1. The smallest absolute Gasteiger partial charge is 0.360 e. The molecule has 3 aromatic rings. The second-order valence-corrected chi connectivity index (χ2v) is 5.72. The number of hydrogen-bond acceptors (Lipinski definition) is 2. The summed E-state index contributed by atoms with van der Waals surface area (Å²) in [6, 6.07) is 6.06. The number of nitrogens with zero attached hydrogens (tertiary/aromatic N) is 1. The highest BCUT2D eigenvalue weighted by atomic mass is 35.5. The van der Waals surface area contributed by atoms with E-state index in [1.807, 2.05) is 0 Å². The van der Waals surface area contributed by atoms with Gasteiger partial charge in [-0.2, -0.15) is 13.2 Å². The van der Waals surface area contributed by atoms with E-state index in [4.69, 9.17) is 11.6 Å². The predicted molar refractivity (Wildman–Crippen MR) is 88.4 cm³/mol. The van der Waals surface area contributed by atoms with E-state index in [1.165, 1.54) is 12.3 Å². The summed E-state index contributed by atoms with van der Waals surface area (Å²) in [6.45, 7) is -0.104. The molecule has 9 heteroatoms. The number of carbonyl (C=O) groups excluding carboxylic acids is 1. The number of aromatic nitrogens is 2. The molecule has 0 aliphatic rings. The van der Waals surface area contributed by atoms with Crippen LogP contribution in [0.1, 0.15) is 11.1 Å². The number of alkyl halides is 3. The Hall–Kier alpha value is -2.74. The van der Waals surface area contributed by atoms with Crippen molar-refractivity contribution in [3.63, 3.8) is 0 Å². The summed E-state index contributed by atoms with van der Waals surface area (Å²) < 4.78 is 38.3. The van der Waals surface area contributed by atoms with Crippen LogP contribution in [0.15, 0.2) is 42.7 Å². The minimum absolute atomic E-state index is 0.0478. The van der Waals surface area contributed by atoms with Crippen LogP contribution in [0, 0.1) is 0 Å². The fraction of sp³-hybridized carbons (Fsp3) is 0.125. The molecular formula is C16H12ClF3N4O. The SMILES string of the molecule is O=C(NCc1cc(Cl)cc(C(F)(F)F)c1)Nc1cnc2cc[nH]c2c1. The van der Waals surface area contributed by atoms with E-state index in [2.05, 4.69) is 20.6 Å². The van der Waals surface area contributed by atoms with E-state index in [-0.39, 0.29) is 17.1 Å². The van der Waals surface area contributed by atoms with E-state index in [9.17, 15) is 18.0 Å². The predicted octanol–water partition coefficient (Wildman–Crippen LogP) is 4.56. The largest absolute Gasteiger partial charge is 0.416 e. The monoisotopic (exact) mass is 368 g/mol. The molecule has 0 spiro atoms. The number of hydrogen-bond donors (Lipinski definition) is 3. The first-order chi connectivity index (χ1) is 11.8. The second-order valence-electron chi connectivity index (χ2n) is 5.29. The average molecular weight is 369 g/mol. The van der Waals surface area contributed by atoms with Crippen LogP contribution in [0.4, 0.5) is 23.7 Å². The zero-order valence-corrected chi connectivity index (χ0v) is 13.4. The standard InChI is InChI=1S/C16H12ClF3N4O/c17-11-4-9(3-10(5-11)16(18,19)20)7-23-15(25)24-12-6-14-13(22-8-12)1-2-21-14/h1-6,8,21H,7H2,(H2,23,24,25). The third kappa shape index (κ3) is 4.21. The fourth-order valence-electron chi connectivity index (χ4n) is 2.28. The van der Waals surface area contributed by atoms with Gasteiger partial charge in [-0.3, -0.25) is 4.98 Å². The van der Waals surface area contributed by atoms with Gasteiger partial charge in [0.2, 0.25) is 0 Å². The van der Waals surface area contributed by atoms with Crippen LogP contribution >= 0.6 is 11.6 Å². The maximum absolute atomic E-state index is 12.8. The number of carbonyl (C=O) groups is 1. The van der Waals surface area contributed by atoms with E-state index >= 15 is 0 Å². The van der Waals surface area contributed by atoms with Crippen LogP contribution in [0.3, 0.4) is 0 Å². The van der Waals surface area contributed by atoms with Gasteiger partial charge in [-0.15, -0.1) is 0 Å². The molecule has 3 rings (SSSR count). The molecule has 0 saturated carbocycles. The first-order valence-corrected chi connectivity index (χ1v) is 7.54. The molecule has 130 valence electrons. The number of rotatable bonds is 3. The van der Waals surface area contributed by atoms with Gasteiger partial charge in [0, 0.05) is 17.8 Å². The molecule has 2 heterocycles. The van der Waals surface area contributed by atoms with Gasteiger partial charge in [0.25, 0.3) is 0 Å². The number of aromatic amines is 1. The van der Waals surface area contributed by atoms with Gasteiger partial charge in [-0.25, -0.2) is 4.79 Å². The molecule has 0 aliphatic carbocycles. The van der Waals surface area contributed by atoms with Crippen molar-refractivity contribution in [3.05, 3.63) is 58.9 Å². The van der Waals surface area contributed by atoms with Crippen LogP contribution in [0.5, 0.6) is 0 Å². The number of nitrogens with one attached hydrogen (secondary N) is 3. The first kappa shape index (κ1) is 17.1. The lowest BCUT2D eigenvalue weighted by atomic mass is 10.1. The Bertz CT molecular complexity index is 923. The lowest BCUT2D eigenvalue weighted by Crippen LogP contribution is -2.28. The van der Waals surface area contributed by atoms with Gasteiger partial charge in [-0.1, -0.05) is 11.6 Å². The van der Waals surface area contributed by atoms with E-state index in [0.717, 1.165) is 23.2 Å². The summed E-state index contributed by atoms with van der Waals surface area (Å²) in [4.78, 5) is 19.0. The van der Waals surface area contributed by atoms with Crippen molar-refractivity contribution in [1.29, 1.82) is 0 Å². The summed E-state index contributed by atoms with van der Waals surface area (Å²) >= 11 is 5.71. The van der Waals surface area contributed by atoms with Gasteiger partial charge in [-0.05, 0) is 35.9 Å². The third-order valence-electron chi connectivity index (χ3n) is 3.39. The molecular weight excluding hydrogens is 357 g/mol. The molecule has 0 bridgehead atoms. The van der Waals surface area contributed by atoms with Gasteiger partial charge in [0.05, 0.1) is 28.5 Å². The van der Waals surface area contributed by atoms with Crippen molar-refractivity contribution in [2.24, 2.45) is 0 Å². The number of urea groups is 1. The summed E-state index contributed by atoms with van der Waals surface area (Å²) in [7, 11) is 0. The van der Waals surface area contributed by atoms with Gasteiger partial charge >= 0.3 is 12.2 Å². The Morgan fingerprint density at radius 1 is 1.24 bits per heavy atom. The molecule has 25 heavy (non-hydrogen) atoms. The molecule has 3 N–H and O–H groups in total. The van der Waals surface area contributed by atoms with Crippen LogP contribution in [0.25, 0.3) is 11.0 Å². The number of H-pyrrole nitrogens is 1. The fourth-order valence-corrected chi connectivity index (χ4v) is 2.53. The molecule has 0 atom stereocenters. The zero-order chi connectivity index (χ0) is 18.0. The molecule has 0 aliphatic heterocycles. The normalized spacial score (nSPS) is 11.5. The number of pyridine rings is 1. The molecule has 5 nitrogen and oxygen atoms in total. The summed E-state index contributed by atoms with van der Waals surface area (Å²) in [5.74, 6) is 0. The third-order valence-corrected chi connectivity index (χ3v) is 3.61. The van der Waals surface area contributed by atoms with E-state index < -0.39 is 17.8 Å². The van der Waals surface area contributed by atoms with Crippen LogP contribution in [0.2, 0.25) is 5.02 Å². The second kappa shape index (κ2) is 6.64. The minimum Gasteiger partial charge on any atom is -0.360 e. The first-order valence-electron chi connectivity index (χ1n) is 7.16. The van der Waals surface area contributed by atoms with Crippen molar-refractivity contribution < 1.29 is 18.0 Å². The van der Waals surface area contributed by atoms with Gasteiger partial charge < -0.3 is 15.6 Å². The number of anilines is 1. The minimum atomic E-state index is -4.50. The lowest BCUT2D eigenvalue weighted by molar-refractivity contribution is -0.137. The topological polar surface area (TPSA) is 69.8 Å². The van der Waals surface area contributed by atoms with Crippen LogP contribution in [-0.4, -0.2) is 16.0 Å². The maximum atomic E-state index is 12.8. The molecule has 1 aromatic carbocycles. The Balaban J connectivity index is 1.65. The lowest BCUT2D eigenvalue weighted by Gasteiger charge is -2.11. The number of amides is 2. The maximum Gasteiger partial charge on any atom is 0.416 e.